The predicted molar refractivity (Wildman–Crippen MR) is 54.5 cm³/mol. The van der Waals surface area contributed by atoms with Crippen molar-refractivity contribution < 1.29 is 18.0 Å². The van der Waals surface area contributed by atoms with Crippen LogP contribution in [0.4, 0.5) is 8.78 Å². The highest BCUT2D eigenvalue weighted by molar-refractivity contribution is 4.98. The molecule has 2 N–H and O–H groups in total. The summed E-state index contributed by atoms with van der Waals surface area (Å²) in [4.78, 5) is 4.12. The van der Waals surface area contributed by atoms with Crippen LogP contribution >= 0.6 is 0 Å². The fraction of sp³-hybridized carbons (Fsp3) is 0.800. The topological polar surface area (TPSA) is 74.2 Å². The van der Waals surface area contributed by atoms with E-state index in [4.69, 9.17) is 15.0 Å². The van der Waals surface area contributed by atoms with E-state index >= 15 is 0 Å². The molecule has 1 aromatic rings. The number of halogens is 2. The van der Waals surface area contributed by atoms with Crippen molar-refractivity contribution in [1.82, 2.24) is 10.1 Å². The summed E-state index contributed by atoms with van der Waals surface area (Å²) in [5.74, 6) is 1.32. The zero-order chi connectivity index (χ0) is 12.3. The molecule has 1 saturated carbocycles. The van der Waals surface area contributed by atoms with E-state index < -0.39 is 13.0 Å². The molecule has 2 rings (SSSR count). The van der Waals surface area contributed by atoms with Crippen LogP contribution in [0.3, 0.4) is 0 Å². The van der Waals surface area contributed by atoms with Gasteiger partial charge in [-0.1, -0.05) is 5.16 Å². The van der Waals surface area contributed by atoms with Gasteiger partial charge in [-0.25, -0.2) is 8.78 Å². The van der Waals surface area contributed by atoms with E-state index in [1.807, 2.05) is 0 Å². The first-order valence-corrected chi connectivity index (χ1v) is 5.60. The van der Waals surface area contributed by atoms with Crippen molar-refractivity contribution in [2.24, 2.45) is 11.7 Å². The van der Waals surface area contributed by atoms with E-state index in [-0.39, 0.29) is 12.6 Å². The van der Waals surface area contributed by atoms with E-state index in [2.05, 4.69) is 10.1 Å². The normalized spacial score (nSPS) is 17.6. The number of hydrogen-bond acceptors (Lipinski definition) is 5. The first-order chi connectivity index (χ1) is 8.16. The molecule has 1 heterocycles. The van der Waals surface area contributed by atoms with Crippen molar-refractivity contribution in [3.8, 4) is 0 Å². The largest absolute Gasteiger partial charge is 0.375 e. The lowest BCUT2D eigenvalue weighted by molar-refractivity contribution is 0.0182. The van der Waals surface area contributed by atoms with E-state index in [0.717, 1.165) is 12.8 Å². The first kappa shape index (κ1) is 12.4. The smallest absolute Gasteiger partial charge is 0.261 e. The van der Waals surface area contributed by atoms with E-state index in [0.29, 0.717) is 24.1 Å². The van der Waals surface area contributed by atoms with E-state index in [1.165, 1.54) is 0 Å². The van der Waals surface area contributed by atoms with Crippen LogP contribution in [0.5, 0.6) is 0 Å². The van der Waals surface area contributed by atoms with Gasteiger partial charge in [0, 0.05) is 6.42 Å². The number of rotatable bonds is 7. The van der Waals surface area contributed by atoms with Gasteiger partial charge in [0.2, 0.25) is 5.89 Å². The van der Waals surface area contributed by atoms with Crippen LogP contribution in [0, 0.1) is 5.92 Å². The Labute approximate surface area is 97.3 Å². The Morgan fingerprint density at radius 2 is 2.24 bits per heavy atom. The molecule has 1 aliphatic carbocycles. The van der Waals surface area contributed by atoms with Crippen LogP contribution in [0.25, 0.3) is 0 Å². The summed E-state index contributed by atoms with van der Waals surface area (Å²) in [7, 11) is 0. The minimum atomic E-state index is -2.45. The first-order valence-electron chi connectivity index (χ1n) is 5.60. The molecule has 5 nitrogen and oxygen atoms in total. The summed E-state index contributed by atoms with van der Waals surface area (Å²) in [6.45, 7) is -0.408. The fourth-order valence-corrected chi connectivity index (χ4v) is 1.50. The molecule has 0 bridgehead atoms. The number of ether oxygens (including phenoxy) is 1. The van der Waals surface area contributed by atoms with E-state index in [9.17, 15) is 8.78 Å². The standard InChI is InChI=1S/C10H15F2N3O2/c11-7(12)5-16-4-3-8-14-10(17-15-8)9(13)6-1-2-6/h6-7,9H,1-5,13H2. The maximum absolute atomic E-state index is 11.8. The van der Waals surface area contributed by atoms with Crippen LogP contribution in [0.1, 0.15) is 30.6 Å². The second-order valence-corrected chi connectivity index (χ2v) is 4.13. The predicted octanol–water partition coefficient (Wildman–Crippen LogP) is 1.30. The Hall–Kier alpha value is -1.08. The molecule has 0 saturated heterocycles. The Bertz CT molecular complexity index is 355. The molecule has 1 atom stereocenters. The van der Waals surface area contributed by atoms with Gasteiger partial charge in [0.25, 0.3) is 6.43 Å². The molecule has 1 aliphatic rings. The van der Waals surface area contributed by atoms with Crippen molar-refractivity contribution in [3.63, 3.8) is 0 Å². The van der Waals surface area contributed by atoms with Gasteiger partial charge in [-0.3, -0.25) is 0 Å². The van der Waals surface area contributed by atoms with Gasteiger partial charge < -0.3 is 15.0 Å². The van der Waals surface area contributed by atoms with Gasteiger partial charge in [-0.2, -0.15) is 4.98 Å². The summed E-state index contributed by atoms with van der Waals surface area (Å²) in [5, 5.41) is 3.73. The molecular formula is C10H15F2N3O2. The Morgan fingerprint density at radius 3 is 2.88 bits per heavy atom. The second kappa shape index (κ2) is 5.50. The number of nitrogens with zero attached hydrogens (tertiary/aromatic N) is 2. The third-order valence-corrected chi connectivity index (χ3v) is 2.61. The Morgan fingerprint density at radius 1 is 1.47 bits per heavy atom. The fourth-order valence-electron chi connectivity index (χ4n) is 1.50. The quantitative estimate of drug-likeness (QED) is 0.735. The maximum Gasteiger partial charge on any atom is 0.261 e. The minimum Gasteiger partial charge on any atom is -0.375 e. The van der Waals surface area contributed by atoms with Gasteiger partial charge in [0.15, 0.2) is 5.82 Å². The minimum absolute atomic E-state index is 0.155. The number of alkyl halides is 2. The average Bonchev–Trinajstić information content (AvgIpc) is 3.03. The zero-order valence-corrected chi connectivity index (χ0v) is 9.31. The van der Waals surface area contributed by atoms with Gasteiger partial charge >= 0.3 is 0 Å². The van der Waals surface area contributed by atoms with Gasteiger partial charge in [-0.15, -0.1) is 0 Å². The van der Waals surface area contributed by atoms with Gasteiger partial charge in [-0.05, 0) is 18.8 Å². The SMILES string of the molecule is NC(c1nc(CCOCC(F)F)no1)C1CC1. The highest BCUT2D eigenvalue weighted by atomic mass is 19.3. The lowest BCUT2D eigenvalue weighted by Gasteiger charge is -2.01. The monoisotopic (exact) mass is 247 g/mol. The molecule has 1 fully saturated rings. The molecule has 0 spiro atoms. The molecule has 0 amide bonds. The number of aromatic nitrogens is 2. The summed E-state index contributed by atoms with van der Waals surface area (Å²) in [5.41, 5.74) is 5.88. The third kappa shape index (κ3) is 3.71. The van der Waals surface area contributed by atoms with Crippen molar-refractivity contribution >= 4 is 0 Å². The summed E-state index contributed by atoms with van der Waals surface area (Å²) >= 11 is 0. The van der Waals surface area contributed by atoms with Crippen molar-refractivity contribution in [2.75, 3.05) is 13.2 Å². The van der Waals surface area contributed by atoms with Crippen LogP contribution in [0.2, 0.25) is 0 Å². The van der Waals surface area contributed by atoms with Crippen LogP contribution in [-0.4, -0.2) is 29.8 Å². The number of hydrogen-bond donors (Lipinski definition) is 1. The van der Waals surface area contributed by atoms with Crippen LogP contribution in [0.15, 0.2) is 4.52 Å². The highest BCUT2D eigenvalue weighted by Crippen LogP contribution is 2.38. The Kier molecular flexibility index (Phi) is 4.01. The molecule has 96 valence electrons. The Balaban J connectivity index is 1.74. The summed E-state index contributed by atoms with van der Waals surface area (Å²) in [6, 6.07) is -0.196. The molecule has 17 heavy (non-hydrogen) atoms. The summed E-state index contributed by atoms with van der Waals surface area (Å²) in [6.07, 6.45) is 0.0968. The lowest BCUT2D eigenvalue weighted by atomic mass is 10.2. The van der Waals surface area contributed by atoms with Crippen molar-refractivity contribution in [2.45, 2.75) is 31.7 Å². The summed E-state index contributed by atoms with van der Waals surface area (Å²) < 4.78 is 33.3. The molecule has 0 radical (unpaired) electrons. The maximum atomic E-state index is 11.8. The van der Waals surface area contributed by atoms with Crippen molar-refractivity contribution in [1.29, 1.82) is 0 Å². The molecule has 1 unspecified atom stereocenters. The number of nitrogens with two attached hydrogens (primary N) is 1. The van der Waals surface area contributed by atoms with Gasteiger partial charge in [0.05, 0.1) is 12.6 Å². The highest BCUT2D eigenvalue weighted by Gasteiger charge is 2.33. The third-order valence-electron chi connectivity index (χ3n) is 2.61. The molecule has 7 heteroatoms. The molecule has 1 aromatic heterocycles. The zero-order valence-electron chi connectivity index (χ0n) is 9.31. The average molecular weight is 247 g/mol. The molecule has 0 aromatic carbocycles. The molecule has 0 aliphatic heterocycles. The van der Waals surface area contributed by atoms with Crippen LogP contribution in [-0.2, 0) is 11.2 Å². The molecular weight excluding hydrogens is 232 g/mol. The van der Waals surface area contributed by atoms with E-state index in [1.54, 1.807) is 0 Å². The second-order valence-electron chi connectivity index (χ2n) is 4.13. The lowest BCUT2D eigenvalue weighted by Crippen LogP contribution is -2.13. The van der Waals surface area contributed by atoms with Crippen molar-refractivity contribution in [3.05, 3.63) is 11.7 Å². The van der Waals surface area contributed by atoms with Crippen LogP contribution < -0.4 is 5.73 Å². The van der Waals surface area contributed by atoms with Gasteiger partial charge in [0.1, 0.15) is 6.61 Å².